The number of likely N-dealkylation sites (N-methyl/N-ethyl adjacent to an activating group) is 1. The van der Waals surface area contributed by atoms with E-state index in [1.54, 1.807) is 12.1 Å². The lowest BCUT2D eigenvalue weighted by Gasteiger charge is -2.33. The lowest BCUT2D eigenvalue weighted by molar-refractivity contribution is -0.274. The summed E-state index contributed by atoms with van der Waals surface area (Å²) in [7, 11) is 2.01. The van der Waals surface area contributed by atoms with Gasteiger partial charge >= 0.3 is 6.36 Å². The molecular weight excluding hydrogens is 259 g/mol. The van der Waals surface area contributed by atoms with Gasteiger partial charge in [-0.25, -0.2) is 5.01 Å². The topological polar surface area (TPSA) is 27.7 Å². The number of benzene rings is 1. The number of rotatable bonds is 3. The van der Waals surface area contributed by atoms with Crippen molar-refractivity contribution in [2.75, 3.05) is 38.7 Å². The molecule has 7 heteroatoms. The number of piperazine rings is 1. The molecule has 1 heterocycles. The molecule has 0 unspecified atom stereocenters. The minimum Gasteiger partial charge on any atom is -0.404 e. The fraction of sp³-hybridized carbons (Fsp3) is 0.500. The standard InChI is InChI=1S/C12H16F3N3O/c1-17-6-8-18(9-7-17)16-10-4-2-3-5-11(10)19-12(13,14)15/h2-5,16H,6-9H2,1H3. The van der Waals surface area contributed by atoms with Crippen molar-refractivity contribution < 1.29 is 17.9 Å². The average molecular weight is 275 g/mol. The van der Waals surface area contributed by atoms with E-state index in [2.05, 4.69) is 15.1 Å². The summed E-state index contributed by atoms with van der Waals surface area (Å²) in [6, 6.07) is 6.04. The van der Waals surface area contributed by atoms with Gasteiger partial charge in [-0.2, -0.15) is 0 Å². The van der Waals surface area contributed by atoms with Gasteiger partial charge in [-0.05, 0) is 19.2 Å². The molecule has 0 aliphatic carbocycles. The van der Waals surface area contributed by atoms with Crippen LogP contribution in [0.5, 0.6) is 5.75 Å². The number of hydrogen-bond donors (Lipinski definition) is 1. The molecule has 1 aromatic carbocycles. The molecule has 0 spiro atoms. The van der Waals surface area contributed by atoms with E-state index in [4.69, 9.17) is 0 Å². The molecule has 0 aromatic heterocycles. The molecule has 0 saturated carbocycles. The summed E-state index contributed by atoms with van der Waals surface area (Å²) >= 11 is 0. The Labute approximate surface area is 109 Å². The molecule has 0 amide bonds. The number of nitrogens with zero attached hydrogens (tertiary/aromatic N) is 2. The maximum absolute atomic E-state index is 12.3. The zero-order valence-corrected chi connectivity index (χ0v) is 10.6. The van der Waals surface area contributed by atoms with Gasteiger partial charge in [0.05, 0.1) is 5.69 Å². The fourth-order valence-corrected chi connectivity index (χ4v) is 1.86. The summed E-state index contributed by atoms with van der Waals surface area (Å²) in [5.41, 5.74) is 3.30. The van der Waals surface area contributed by atoms with Gasteiger partial charge in [-0.3, -0.25) is 0 Å². The second kappa shape index (κ2) is 5.66. The molecule has 106 valence electrons. The van der Waals surface area contributed by atoms with Crippen LogP contribution in [0.25, 0.3) is 0 Å². The van der Waals surface area contributed by atoms with Crippen molar-refractivity contribution in [2.45, 2.75) is 6.36 Å². The molecule has 1 fully saturated rings. The molecule has 4 nitrogen and oxygen atoms in total. The summed E-state index contributed by atoms with van der Waals surface area (Å²) in [6.07, 6.45) is -4.68. The van der Waals surface area contributed by atoms with Crippen molar-refractivity contribution >= 4 is 5.69 Å². The smallest absolute Gasteiger partial charge is 0.404 e. The van der Waals surface area contributed by atoms with Gasteiger partial charge in [-0.1, -0.05) is 12.1 Å². The van der Waals surface area contributed by atoms with E-state index in [0.717, 1.165) is 26.2 Å². The highest BCUT2D eigenvalue weighted by Gasteiger charge is 2.32. The number of anilines is 1. The molecular formula is C12H16F3N3O. The Kier molecular flexibility index (Phi) is 4.16. The molecule has 0 bridgehead atoms. The summed E-state index contributed by atoms with van der Waals surface area (Å²) in [6.45, 7) is 3.23. The number of ether oxygens (including phenoxy) is 1. The molecule has 19 heavy (non-hydrogen) atoms. The molecule has 1 aliphatic heterocycles. The molecule has 0 radical (unpaired) electrons. The largest absolute Gasteiger partial charge is 0.573 e. The van der Waals surface area contributed by atoms with Crippen LogP contribution in [0, 0.1) is 0 Å². The van der Waals surface area contributed by atoms with E-state index >= 15 is 0 Å². The second-order valence-electron chi connectivity index (χ2n) is 4.45. The first-order chi connectivity index (χ1) is 8.94. The third-order valence-electron chi connectivity index (χ3n) is 2.89. The number of alkyl halides is 3. The van der Waals surface area contributed by atoms with Gasteiger partial charge in [0.25, 0.3) is 0 Å². The van der Waals surface area contributed by atoms with Crippen LogP contribution >= 0.6 is 0 Å². The quantitative estimate of drug-likeness (QED) is 0.915. The highest BCUT2D eigenvalue weighted by Crippen LogP contribution is 2.30. The first kappa shape index (κ1) is 14.0. The molecule has 1 N–H and O–H groups in total. The number of halogens is 3. The number of hydrazine groups is 1. The minimum atomic E-state index is -4.68. The van der Waals surface area contributed by atoms with Gasteiger partial charge in [0.2, 0.25) is 0 Å². The maximum Gasteiger partial charge on any atom is 0.573 e. The van der Waals surface area contributed by atoms with Crippen LogP contribution in [0.15, 0.2) is 24.3 Å². The van der Waals surface area contributed by atoms with Crippen LogP contribution in [-0.4, -0.2) is 49.5 Å². The lowest BCUT2D eigenvalue weighted by atomic mass is 10.3. The Morgan fingerprint density at radius 1 is 1.11 bits per heavy atom. The second-order valence-corrected chi connectivity index (χ2v) is 4.45. The van der Waals surface area contributed by atoms with E-state index in [-0.39, 0.29) is 5.75 Å². The van der Waals surface area contributed by atoms with Crippen LogP contribution in [0.3, 0.4) is 0 Å². The Bertz CT molecular complexity index is 417. The Morgan fingerprint density at radius 2 is 1.74 bits per heavy atom. The molecule has 1 aliphatic rings. The zero-order chi connectivity index (χ0) is 13.9. The maximum atomic E-state index is 12.3. The minimum absolute atomic E-state index is 0.214. The lowest BCUT2D eigenvalue weighted by Crippen LogP contribution is -2.47. The van der Waals surface area contributed by atoms with Crippen LogP contribution in [-0.2, 0) is 0 Å². The van der Waals surface area contributed by atoms with E-state index in [0.29, 0.717) is 5.69 Å². The average Bonchev–Trinajstić information content (AvgIpc) is 2.33. The fourth-order valence-electron chi connectivity index (χ4n) is 1.86. The number of hydrogen-bond acceptors (Lipinski definition) is 4. The summed E-state index contributed by atoms with van der Waals surface area (Å²) in [5, 5.41) is 1.89. The van der Waals surface area contributed by atoms with E-state index in [9.17, 15) is 13.2 Å². The number of para-hydroxylation sites is 2. The number of nitrogens with one attached hydrogen (secondary N) is 1. The Hall–Kier alpha value is -1.47. The van der Waals surface area contributed by atoms with Crippen molar-refractivity contribution in [3.05, 3.63) is 24.3 Å². The van der Waals surface area contributed by atoms with Crippen molar-refractivity contribution in [3.63, 3.8) is 0 Å². The Morgan fingerprint density at radius 3 is 2.37 bits per heavy atom. The normalized spacial score (nSPS) is 18.3. The Balaban J connectivity index is 2.03. The van der Waals surface area contributed by atoms with Gasteiger partial charge in [0, 0.05) is 26.2 Å². The summed E-state index contributed by atoms with van der Waals surface area (Å²) < 4.78 is 40.8. The van der Waals surface area contributed by atoms with Gasteiger partial charge in [-0.15, -0.1) is 13.2 Å². The van der Waals surface area contributed by atoms with E-state index < -0.39 is 6.36 Å². The van der Waals surface area contributed by atoms with Crippen molar-refractivity contribution in [3.8, 4) is 5.75 Å². The summed E-state index contributed by atoms with van der Waals surface area (Å²) in [4.78, 5) is 2.16. The molecule has 2 rings (SSSR count). The predicted octanol–water partition coefficient (Wildman–Crippen LogP) is 2.16. The molecule has 1 aromatic rings. The predicted molar refractivity (Wildman–Crippen MR) is 65.8 cm³/mol. The monoisotopic (exact) mass is 275 g/mol. The van der Waals surface area contributed by atoms with Crippen LogP contribution < -0.4 is 10.2 Å². The first-order valence-electron chi connectivity index (χ1n) is 5.99. The third-order valence-corrected chi connectivity index (χ3v) is 2.89. The van der Waals surface area contributed by atoms with Crippen LogP contribution in [0.4, 0.5) is 18.9 Å². The van der Waals surface area contributed by atoms with Gasteiger partial charge < -0.3 is 15.1 Å². The van der Waals surface area contributed by atoms with Crippen LogP contribution in [0.2, 0.25) is 0 Å². The zero-order valence-electron chi connectivity index (χ0n) is 10.6. The highest BCUT2D eigenvalue weighted by molar-refractivity contribution is 5.55. The SMILES string of the molecule is CN1CCN(Nc2ccccc2OC(F)(F)F)CC1. The van der Waals surface area contributed by atoms with Gasteiger partial charge in [0.15, 0.2) is 5.75 Å². The van der Waals surface area contributed by atoms with Crippen molar-refractivity contribution in [2.24, 2.45) is 0 Å². The molecule has 1 saturated heterocycles. The van der Waals surface area contributed by atoms with E-state index in [1.165, 1.54) is 12.1 Å². The van der Waals surface area contributed by atoms with Crippen LogP contribution in [0.1, 0.15) is 0 Å². The highest BCUT2D eigenvalue weighted by atomic mass is 19.4. The molecule has 0 atom stereocenters. The van der Waals surface area contributed by atoms with Crippen molar-refractivity contribution in [1.82, 2.24) is 9.91 Å². The summed E-state index contributed by atoms with van der Waals surface area (Å²) in [5.74, 6) is -0.214. The van der Waals surface area contributed by atoms with Crippen molar-refractivity contribution in [1.29, 1.82) is 0 Å². The van der Waals surface area contributed by atoms with Gasteiger partial charge in [0.1, 0.15) is 0 Å². The first-order valence-corrected chi connectivity index (χ1v) is 5.99. The third kappa shape index (κ3) is 4.29. The van der Waals surface area contributed by atoms with E-state index in [1.807, 2.05) is 12.1 Å².